The number of benzene rings is 1. The second kappa shape index (κ2) is 6.15. The maximum atomic E-state index is 13.1. The number of rotatable bonds is 3. The number of furan rings is 1. The summed E-state index contributed by atoms with van der Waals surface area (Å²) in [5, 5.41) is 18.7. The van der Waals surface area contributed by atoms with E-state index in [4.69, 9.17) is 4.42 Å². The van der Waals surface area contributed by atoms with Crippen LogP contribution in [0.15, 0.2) is 64.7 Å². The number of hydrogen-bond donors (Lipinski definition) is 1. The van der Waals surface area contributed by atoms with E-state index in [1.807, 2.05) is 6.07 Å². The first-order valence-corrected chi connectivity index (χ1v) is 8.82. The van der Waals surface area contributed by atoms with E-state index in [-0.39, 0.29) is 17.4 Å². The van der Waals surface area contributed by atoms with Crippen LogP contribution in [0.4, 0.5) is 11.6 Å². The number of ketones is 1. The Kier molecular flexibility index (Phi) is 3.61. The first-order chi connectivity index (χ1) is 13.6. The van der Waals surface area contributed by atoms with Crippen LogP contribution in [0.25, 0.3) is 0 Å². The van der Waals surface area contributed by atoms with Crippen molar-refractivity contribution in [3.8, 4) is 0 Å². The van der Waals surface area contributed by atoms with Gasteiger partial charge in [0.1, 0.15) is 18.1 Å². The number of nitrogens with one attached hydrogen (secondary N) is 1. The number of Topliss-reactive ketones (excluding diaryl/α,β-unsaturated/α-hetero) is 1. The lowest BCUT2D eigenvalue weighted by atomic mass is 9.79. The number of anilines is 1. The Balaban J connectivity index is 1.63. The molecular formula is C19H15N5O4. The molecule has 0 fully saturated rings. The zero-order chi connectivity index (χ0) is 19.3. The van der Waals surface area contributed by atoms with E-state index in [1.165, 1.54) is 18.5 Å². The van der Waals surface area contributed by atoms with Crippen molar-refractivity contribution in [1.29, 1.82) is 0 Å². The zero-order valence-electron chi connectivity index (χ0n) is 14.6. The molecule has 0 spiro atoms. The molecule has 1 N–H and O–H groups in total. The fourth-order valence-corrected chi connectivity index (χ4v) is 3.99. The molecule has 3 aromatic rings. The molecule has 2 aromatic heterocycles. The number of nitro benzene ring substituents is 1. The number of aromatic nitrogens is 3. The Morgan fingerprint density at radius 1 is 1.25 bits per heavy atom. The van der Waals surface area contributed by atoms with Gasteiger partial charge in [-0.15, -0.1) is 0 Å². The second-order valence-corrected chi connectivity index (χ2v) is 6.84. The van der Waals surface area contributed by atoms with Gasteiger partial charge in [0.25, 0.3) is 5.69 Å². The van der Waals surface area contributed by atoms with Gasteiger partial charge in [-0.3, -0.25) is 14.9 Å². The number of carbonyl (C=O) groups is 1. The fraction of sp³-hybridized carbons (Fsp3) is 0.211. The maximum Gasteiger partial charge on any atom is 0.269 e. The SMILES string of the molecule is O=C1CC(c2ccco2)CC2=C1C(c1cccc([N+](=O)[O-])c1)n1ncnc1N2. The Labute approximate surface area is 158 Å². The summed E-state index contributed by atoms with van der Waals surface area (Å²) in [6, 6.07) is 9.41. The van der Waals surface area contributed by atoms with Crippen LogP contribution in [-0.4, -0.2) is 25.5 Å². The smallest absolute Gasteiger partial charge is 0.269 e. The van der Waals surface area contributed by atoms with E-state index >= 15 is 0 Å². The molecule has 0 bridgehead atoms. The lowest BCUT2D eigenvalue weighted by molar-refractivity contribution is -0.384. The summed E-state index contributed by atoms with van der Waals surface area (Å²) in [4.78, 5) is 28.1. The molecule has 0 amide bonds. The molecule has 0 radical (unpaired) electrons. The summed E-state index contributed by atoms with van der Waals surface area (Å²) in [5.41, 5.74) is 1.92. The fourth-order valence-electron chi connectivity index (χ4n) is 3.99. The second-order valence-electron chi connectivity index (χ2n) is 6.84. The topological polar surface area (TPSA) is 116 Å². The third-order valence-corrected chi connectivity index (χ3v) is 5.20. The van der Waals surface area contributed by atoms with Gasteiger partial charge in [-0.2, -0.15) is 10.1 Å². The highest BCUT2D eigenvalue weighted by atomic mass is 16.6. The molecule has 2 unspecified atom stereocenters. The van der Waals surface area contributed by atoms with Crippen molar-refractivity contribution < 1.29 is 14.1 Å². The predicted molar refractivity (Wildman–Crippen MR) is 97.6 cm³/mol. The summed E-state index contributed by atoms with van der Waals surface area (Å²) in [5.74, 6) is 1.17. The number of fused-ring (bicyclic) bond motifs is 1. The number of non-ortho nitro benzene ring substituents is 1. The van der Waals surface area contributed by atoms with Crippen LogP contribution < -0.4 is 5.32 Å². The van der Waals surface area contributed by atoms with E-state index in [0.717, 1.165) is 11.5 Å². The van der Waals surface area contributed by atoms with Gasteiger partial charge in [0.05, 0.1) is 11.2 Å². The molecule has 9 nitrogen and oxygen atoms in total. The van der Waals surface area contributed by atoms with Gasteiger partial charge in [-0.25, -0.2) is 4.68 Å². The third kappa shape index (κ3) is 2.51. The molecule has 0 saturated carbocycles. The van der Waals surface area contributed by atoms with Gasteiger partial charge < -0.3 is 9.73 Å². The Morgan fingerprint density at radius 2 is 2.14 bits per heavy atom. The lowest BCUT2D eigenvalue weighted by Gasteiger charge is -2.34. The largest absolute Gasteiger partial charge is 0.469 e. The molecule has 2 atom stereocenters. The van der Waals surface area contributed by atoms with Crippen molar-refractivity contribution in [3.63, 3.8) is 0 Å². The monoisotopic (exact) mass is 377 g/mol. The molecule has 3 heterocycles. The molecule has 0 saturated heterocycles. The van der Waals surface area contributed by atoms with Crippen molar-refractivity contribution in [2.75, 3.05) is 5.32 Å². The quantitative estimate of drug-likeness (QED) is 0.550. The number of carbonyl (C=O) groups excluding carboxylic acids is 1. The van der Waals surface area contributed by atoms with Crippen LogP contribution in [0.5, 0.6) is 0 Å². The molecule has 2 aliphatic rings. The van der Waals surface area contributed by atoms with Crippen LogP contribution in [0.3, 0.4) is 0 Å². The summed E-state index contributed by atoms with van der Waals surface area (Å²) in [6.07, 6.45) is 3.90. The average Bonchev–Trinajstić information content (AvgIpc) is 3.38. The van der Waals surface area contributed by atoms with Gasteiger partial charge in [-0.05, 0) is 24.1 Å². The van der Waals surface area contributed by atoms with E-state index in [2.05, 4.69) is 15.4 Å². The summed E-state index contributed by atoms with van der Waals surface area (Å²) in [7, 11) is 0. The normalized spacial score (nSPS) is 21.1. The van der Waals surface area contributed by atoms with Gasteiger partial charge in [-0.1, -0.05) is 12.1 Å². The van der Waals surface area contributed by atoms with E-state index in [0.29, 0.717) is 29.9 Å². The number of nitrogens with zero attached hydrogens (tertiary/aromatic N) is 4. The number of allylic oxidation sites excluding steroid dienone is 2. The highest BCUT2D eigenvalue weighted by Gasteiger charge is 2.40. The predicted octanol–water partition coefficient (Wildman–Crippen LogP) is 3.20. The van der Waals surface area contributed by atoms with E-state index in [9.17, 15) is 14.9 Å². The molecule has 28 heavy (non-hydrogen) atoms. The van der Waals surface area contributed by atoms with Gasteiger partial charge >= 0.3 is 0 Å². The average molecular weight is 377 g/mol. The summed E-state index contributed by atoms with van der Waals surface area (Å²) >= 11 is 0. The van der Waals surface area contributed by atoms with Crippen molar-refractivity contribution in [1.82, 2.24) is 14.8 Å². The number of hydrogen-bond acceptors (Lipinski definition) is 7. The Morgan fingerprint density at radius 3 is 2.93 bits per heavy atom. The van der Waals surface area contributed by atoms with Crippen LogP contribution in [-0.2, 0) is 4.79 Å². The van der Waals surface area contributed by atoms with Crippen LogP contribution in [0.2, 0.25) is 0 Å². The molecular weight excluding hydrogens is 362 g/mol. The minimum absolute atomic E-state index is 0.0310. The lowest BCUT2D eigenvalue weighted by Crippen LogP contribution is -2.33. The summed E-state index contributed by atoms with van der Waals surface area (Å²) in [6.45, 7) is 0. The highest BCUT2D eigenvalue weighted by molar-refractivity contribution is 6.00. The standard InChI is InChI=1S/C19H15N5O4/c25-15-9-12(16-5-2-6-28-16)8-14-17(15)18(23-19(22-14)20-10-21-23)11-3-1-4-13(7-11)24(26)27/h1-7,10,12,18H,8-9H2,(H,20,21,22). The van der Waals surface area contributed by atoms with E-state index < -0.39 is 11.0 Å². The summed E-state index contributed by atoms with van der Waals surface area (Å²) < 4.78 is 7.10. The van der Waals surface area contributed by atoms with Gasteiger partial charge in [0.2, 0.25) is 5.95 Å². The van der Waals surface area contributed by atoms with Crippen molar-refractivity contribution in [2.24, 2.45) is 0 Å². The first kappa shape index (κ1) is 16.4. The molecule has 140 valence electrons. The molecule has 1 aliphatic carbocycles. The third-order valence-electron chi connectivity index (χ3n) is 5.20. The van der Waals surface area contributed by atoms with Crippen molar-refractivity contribution in [3.05, 3.63) is 81.7 Å². The Bertz CT molecular complexity index is 1120. The zero-order valence-corrected chi connectivity index (χ0v) is 14.6. The molecule has 1 aliphatic heterocycles. The van der Waals surface area contributed by atoms with Gasteiger partial charge in [0, 0.05) is 35.7 Å². The molecule has 5 rings (SSSR count). The van der Waals surface area contributed by atoms with Crippen LogP contribution >= 0.6 is 0 Å². The highest BCUT2D eigenvalue weighted by Crippen LogP contribution is 2.44. The van der Waals surface area contributed by atoms with Crippen LogP contribution in [0.1, 0.15) is 36.1 Å². The van der Waals surface area contributed by atoms with E-state index in [1.54, 1.807) is 29.1 Å². The van der Waals surface area contributed by atoms with Gasteiger partial charge in [0.15, 0.2) is 5.78 Å². The molecule has 1 aromatic carbocycles. The minimum Gasteiger partial charge on any atom is -0.469 e. The number of nitro groups is 1. The van der Waals surface area contributed by atoms with Crippen LogP contribution in [0, 0.1) is 10.1 Å². The molecule has 9 heteroatoms. The van der Waals surface area contributed by atoms with Crippen molar-refractivity contribution in [2.45, 2.75) is 24.8 Å². The maximum absolute atomic E-state index is 13.1. The first-order valence-electron chi connectivity index (χ1n) is 8.82. The Hall–Kier alpha value is -3.75. The van der Waals surface area contributed by atoms with Crippen molar-refractivity contribution >= 4 is 17.4 Å². The minimum atomic E-state index is -0.557.